The van der Waals surface area contributed by atoms with Gasteiger partial charge in [-0.2, -0.15) is 0 Å². The third-order valence-electron chi connectivity index (χ3n) is 5.42. The fraction of sp³-hybridized carbons (Fsp3) is 0.435. The van der Waals surface area contributed by atoms with Crippen LogP contribution in [0.25, 0.3) is 0 Å². The first-order valence-corrected chi connectivity index (χ1v) is 11.8. The minimum atomic E-state index is -3.80. The molecule has 0 saturated carbocycles. The van der Waals surface area contributed by atoms with Crippen molar-refractivity contribution in [3.05, 3.63) is 52.6 Å². The Kier molecular flexibility index (Phi) is 7.59. The van der Waals surface area contributed by atoms with E-state index in [0.717, 1.165) is 27.3 Å². The largest absolute Gasteiger partial charge is 0.497 e. The third-order valence-corrected chi connectivity index (χ3v) is 6.65. The van der Waals surface area contributed by atoms with E-state index >= 15 is 0 Å². The highest BCUT2D eigenvalue weighted by atomic mass is 32.2. The van der Waals surface area contributed by atoms with Crippen LogP contribution in [0.3, 0.4) is 0 Å². The molecule has 170 valence electrons. The van der Waals surface area contributed by atoms with Crippen molar-refractivity contribution < 1.29 is 22.7 Å². The number of methoxy groups -OCH3 is 2. The predicted molar refractivity (Wildman–Crippen MR) is 124 cm³/mol. The number of nitrogens with zero attached hydrogens (tertiary/aromatic N) is 1. The summed E-state index contributed by atoms with van der Waals surface area (Å²) in [6.07, 6.45) is 1.06. The lowest BCUT2D eigenvalue weighted by atomic mass is 9.96. The number of sulfonamides is 1. The smallest absolute Gasteiger partial charge is 0.244 e. The molecule has 0 aliphatic heterocycles. The summed E-state index contributed by atoms with van der Waals surface area (Å²) >= 11 is 0. The number of hydrogen-bond acceptors (Lipinski definition) is 5. The van der Waals surface area contributed by atoms with Gasteiger partial charge in [-0.3, -0.25) is 9.10 Å². The van der Waals surface area contributed by atoms with Crippen LogP contribution in [0.5, 0.6) is 11.5 Å². The highest BCUT2D eigenvalue weighted by Gasteiger charge is 2.32. The molecule has 0 heterocycles. The zero-order chi connectivity index (χ0) is 23.5. The fourth-order valence-corrected chi connectivity index (χ4v) is 4.78. The Hall–Kier alpha value is -2.74. The lowest BCUT2D eigenvalue weighted by Crippen LogP contribution is -2.48. The molecule has 0 unspecified atom stereocenters. The summed E-state index contributed by atoms with van der Waals surface area (Å²) in [6, 6.07) is 7.66. The van der Waals surface area contributed by atoms with E-state index in [4.69, 9.17) is 9.47 Å². The van der Waals surface area contributed by atoms with Crippen molar-refractivity contribution in [3.63, 3.8) is 0 Å². The van der Waals surface area contributed by atoms with Gasteiger partial charge in [0.15, 0.2) is 0 Å². The summed E-state index contributed by atoms with van der Waals surface area (Å²) in [4.78, 5) is 13.1. The van der Waals surface area contributed by atoms with Gasteiger partial charge in [0.1, 0.15) is 17.5 Å². The number of nitrogens with one attached hydrogen (secondary N) is 1. The molecule has 0 aromatic heterocycles. The number of benzene rings is 2. The van der Waals surface area contributed by atoms with Crippen molar-refractivity contribution in [1.82, 2.24) is 5.32 Å². The van der Waals surface area contributed by atoms with Crippen LogP contribution in [0.4, 0.5) is 5.69 Å². The highest BCUT2D eigenvalue weighted by molar-refractivity contribution is 7.92. The Morgan fingerprint density at radius 3 is 2.13 bits per heavy atom. The number of carbonyl (C=O) groups excluding carboxylic acids is 1. The van der Waals surface area contributed by atoms with Gasteiger partial charge >= 0.3 is 0 Å². The first-order valence-electron chi connectivity index (χ1n) is 10.00. The van der Waals surface area contributed by atoms with Crippen LogP contribution in [0.15, 0.2) is 30.3 Å². The third kappa shape index (κ3) is 5.50. The van der Waals surface area contributed by atoms with E-state index in [9.17, 15) is 13.2 Å². The van der Waals surface area contributed by atoms with Gasteiger partial charge in [-0.05, 0) is 69.0 Å². The summed E-state index contributed by atoms with van der Waals surface area (Å²) in [5, 5.41) is 2.95. The molecule has 0 spiro atoms. The number of ether oxygens (including phenoxy) is 2. The number of carbonyl (C=O) groups is 1. The van der Waals surface area contributed by atoms with E-state index in [0.29, 0.717) is 11.5 Å². The van der Waals surface area contributed by atoms with E-state index in [-0.39, 0.29) is 11.7 Å². The molecule has 0 bridgehead atoms. The van der Waals surface area contributed by atoms with Gasteiger partial charge in [0.25, 0.3) is 0 Å². The molecular weight excluding hydrogens is 416 g/mol. The maximum absolute atomic E-state index is 13.1. The maximum atomic E-state index is 13.1. The first kappa shape index (κ1) is 24.5. The van der Waals surface area contributed by atoms with Gasteiger partial charge in [0.05, 0.1) is 32.2 Å². The zero-order valence-corrected chi connectivity index (χ0v) is 20.3. The van der Waals surface area contributed by atoms with Crippen LogP contribution in [-0.4, -0.2) is 40.8 Å². The molecule has 2 atom stereocenters. The van der Waals surface area contributed by atoms with Gasteiger partial charge in [0.2, 0.25) is 15.9 Å². The zero-order valence-electron chi connectivity index (χ0n) is 19.4. The van der Waals surface area contributed by atoms with Crippen LogP contribution >= 0.6 is 0 Å². The van der Waals surface area contributed by atoms with Gasteiger partial charge in [-0.1, -0.05) is 12.1 Å². The summed E-state index contributed by atoms with van der Waals surface area (Å²) in [6.45, 7) is 9.50. The van der Waals surface area contributed by atoms with Crippen LogP contribution < -0.4 is 19.1 Å². The number of amides is 1. The van der Waals surface area contributed by atoms with Crippen molar-refractivity contribution in [2.75, 3.05) is 24.8 Å². The molecule has 31 heavy (non-hydrogen) atoms. The molecule has 0 fully saturated rings. The molecule has 1 N–H and O–H groups in total. The Morgan fingerprint density at radius 2 is 1.58 bits per heavy atom. The van der Waals surface area contributed by atoms with Gasteiger partial charge < -0.3 is 14.8 Å². The Balaban J connectivity index is 2.40. The molecule has 0 saturated heterocycles. The van der Waals surface area contributed by atoms with Crippen molar-refractivity contribution in [2.45, 2.75) is 46.7 Å². The standard InChI is InChI=1S/C23H32N2O5S/c1-14-11-16(3)20(12-15(14)2)17(4)24-23(26)18(5)25(31(8,27)28)21-13-19(29-6)9-10-22(21)30-7/h9-13,17-18H,1-8H3,(H,24,26)/t17-,18+/m1/s1. The van der Waals surface area contributed by atoms with E-state index in [1.165, 1.54) is 19.8 Å². The lowest BCUT2D eigenvalue weighted by Gasteiger charge is -2.30. The average Bonchev–Trinajstić information content (AvgIpc) is 2.69. The molecule has 2 aromatic rings. The number of hydrogen-bond donors (Lipinski definition) is 1. The Morgan fingerprint density at radius 1 is 0.968 bits per heavy atom. The second-order valence-corrected chi connectivity index (χ2v) is 9.66. The quantitative estimate of drug-likeness (QED) is 0.666. The minimum Gasteiger partial charge on any atom is -0.497 e. The number of aryl methyl sites for hydroxylation is 3. The average molecular weight is 449 g/mol. The molecule has 0 radical (unpaired) electrons. The monoisotopic (exact) mass is 448 g/mol. The van der Waals surface area contributed by atoms with Crippen LogP contribution in [-0.2, 0) is 14.8 Å². The van der Waals surface area contributed by atoms with Crippen molar-refractivity contribution in [1.29, 1.82) is 0 Å². The molecule has 7 nitrogen and oxygen atoms in total. The van der Waals surface area contributed by atoms with E-state index in [1.54, 1.807) is 25.1 Å². The molecule has 0 aliphatic carbocycles. The SMILES string of the molecule is COc1ccc(OC)c(N([C@@H](C)C(=O)N[C@H](C)c2cc(C)c(C)cc2C)S(C)(=O)=O)c1. The van der Waals surface area contributed by atoms with Gasteiger partial charge in [-0.15, -0.1) is 0 Å². The molecule has 1 amide bonds. The van der Waals surface area contributed by atoms with Gasteiger partial charge in [0, 0.05) is 6.07 Å². The molecule has 8 heteroatoms. The Labute approximate surface area is 185 Å². The second-order valence-electron chi connectivity index (χ2n) is 7.80. The van der Waals surface area contributed by atoms with Gasteiger partial charge in [-0.25, -0.2) is 8.42 Å². The summed E-state index contributed by atoms with van der Waals surface area (Å²) in [5.41, 5.74) is 4.61. The van der Waals surface area contributed by atoms with E-state index < -0.39 is 22.0 Å². The summed E-state index contributed by atoms with van der Waals surface area (Å²) in [7, 11) is -0.872. The predicted octanol–water partition coefficient (Wildman–Crippen LogP) is 3.66. The number of rotatable bonds is 8. The molecular formula is C23H32N2O5S. The van der Waals surface area contributed by atoms with Crippen molar-refractivity contribution >= 4 is 21.6 Å². The van der Waals surface area contributed by atoms with Crippen LogP contribution in [0.2, 0.25) is 0 Å². The first-order chi connectivity index (χ1) is 14.4. The fourth-order valence-electron chi connectivity index (χ4n) is 3.61. The van der Waals surface area contributed by atoms with Crippen LogP contribution in [0, 0.1) is 20.8 Å². The van der Waals surface area contributed by atoms with E-state index in [1.807, 2.05) is 27.7 Å². The minimum absolute atomic E-state index is 0.238. The van der Waals surface area contributed by atoms with Crippen LogP contribution in [0.1, 0.15) is 42.1 Å². The topological polar surface area (TPSA) is 84.9 Å². The van der Waals surface area contributed by atoms with Crippen molar-refractivity contribution in [3.8, 4) is 11.5 Å². The summed E-state index contributed by atoms with van der Waals surface area (Å²) in [5.74, 6) is 0.362. The second kappa shape index (κ2) is 9.60. The molecule has 0 aliphatic rings. The van der Waals surface area contributed by atoms with E-state index in [2.05, 4.69) is 17.4 Å². The highest BCUT2D eigenvalue weighted by Crippen LogP contribution is 2.35. The van der Waals surface area contributed by atoms with Crippen molar-refractivity contribution in [2.24, 2.45) is 0 Å². The lowest BCUT2D eigenvalue weighted by molar-refractivity contribution is -0.122. The molecule has 2 aromatic carbocycles. The molecule has 2 rings (SSSR count). The Bertz CT molecular complexity index is 1070. The summed E-state index contributed by atoms with van der Waals surface area (Å²) < 4.78 is 37.0. The number of anilines is 1. The normalized spacial score (nSPS) is 13.3. The maximum Gasteiger partial charge on any atom is 0.244 e.